The molecular weight excluding hydrogens is 270 g/mol. The Morgan fingerprint density at radius 3 is 2.90 bits per heavy atom. The lowest BCUT2D eigenvalue weighted by atomic mass is 9.99. The zero-order chi connectivity index (χ0) is 14.8. The van der Waals surface area contributed by atoms with Gasteiger partial charge >= 0.3 is 5.97 Å². The van der Waals surface area contributed by atoms with Crippen LogP contribution in [0.2, 0.25) is 0 Å². The van der Waals surface area contributed by atoms with E-state index in [0.717, 1.165) is 38.6 Å². The van der Waals surface area contributed by atoms with Crippen LogP contribution in [0.4, 0.5) is 0 Å². The lowest BCUT2D eigenvalue weighted by Crippen LogP contribution is -2.06. The van der Waals surface area contributed by atoms with Crippen molar-refractivity contribution in [2.24, 2.45) is 0 Å². The second kappa shape index (κ2) is 5.71. The number of carbonyl (C=O) groups is 1. The summed E-state index contributed by atoms with van der Waals surface area (Å²) in [4.78, 5) is 15.8. The first-order chi connectivity index (χ1) is 10.2. The normalized spacial score (nSPS) is 15.7. The summed E-state index contributed by atoms with van der Waals surface area (Å²) < 4.78 is 7.35. The molecule has 1 saturated carbocycles. The summed E-state index contributed by atoms with van der Waals surface area (Å²) in [5, 5.41) is 13.6. The van der Waals surface area contributed by atoms with E-state index in [4.69, 9.17) is 4.52 Å². The van der Waals surface area contributed by atoms with Gasteiger partial charge in [-0.15, -0.1) is 0 Å². The van der Waals surface area contributed by atoms with E-state index in [2.05, 4.69) is 17.1 Å². The van der Waals surface area contributed by atoms with Crippen LogP contribution in [-0.4, -0.2) is 25.8 Å². The minimum atomic E-state index is -0.975. The molecule has 2 aromatic rings. The second-order valence-electron chi connectivity index (χ2n) is 5.53. The largest absolute Gasteiger partial charge is 0.477 e. The number of aromatic carboxylic acids is 1. The molecule has 1 aliphatic carbocycles. The number of carboxylic acids is 1. The Kier molecular flexibility index (Phi) is 3.77. The molecule has 1 N–H and O–H groups in total. The monoisotopic (exact) mass is 289 g/mol. The number of hydrogen-bond donors (Lipinski definition) is 1. The van der Waals surface area contributed by atoms with Crippen molar-refractivity contribution in [3.63, 3.8) is 0 Å². The summed E-state index contributed by atoms with van der Waals surface area (Å²) in [6.45, 7) is 2.84. The van der Waals surface area contributed by atoms with Crippen LogP contribution in [0.1, 0.15) is 61.1 Å². The highest BCUT2D eigenvalue weighted by molar-refractivity contribution is 5.95. The smallest absolute Gasteiger partial charge is 0.341 e. The maximum absolute atomic E-state index is 11.7. The van der Waals surface area contributed by atoms with Gasteiger partial charge in [0.2, 0.25) is 0 Å². The number of hydrogen-bond acceptors (Lipinski definition) is 4. The van der Waals surface area contributed by atoms with E-state index in [1.807, 2.05) is 4.57 Å². The molecule has 0 unspecified atom stereocenters. The predicted octanol–water partition coefficient (Wildman–Crippen LogP) is 3.30. The molecule has 112 valence electrons. The summed E-state index contributed by atoms with van der Waals surface area (Å²) in [5.74, 6) is -0.267. The van der Waals surface area contributed by atoms with Gasteiger partial charge in [-0.1, -0.05) is 24.9 Å². The molecule has 0 aliphatic heterocycles. The SMILES string of the molecule is CCCn1cncc1-c1noc(C2CCCC2)c1C(=O)O. The average Bonchev–Trinajstić information content (AvgIpc) is 3.18. The Bertz CT molecular complexity index is 638. The first-order valence-electron chi connectivity index (χ1n) is 7.45. The molecule has 0 radical (unpaired) electrons. The van der Waals surface area contributed by atoms with Gasteiger partial charge in [0.05, 0.1) is 18.2 Å². The summed E-state index contributed by atoms with van der Waals surface area (Å²) in [7, 11) is 0. The van der Waals surface area contributed by atoms with E-state index >= 15 is 0 Å². The molecule has 0 saturated heterocycles. The Labute approximate surface area is 122 Å². The van der Waals surface area contributed by atoms with Crippen LogP contribution in [0.25, 0.3) is 11.4 Å². The van der Waals surface area contributed by atoms with Crippen LogP contribution >= 0.6 is 0 Å². The lowest BCUT2D eigenvalue weighted by Gasteiger charge is -2.06. The highest BCUT2D eigenvalue weighted by Crippen LogP contribution is 2.38. The highest BCUT2D eigenvalue weighted by Gasteiger charge is 2.31. The molecule has 6 heteroatoms. The minimum Gasteiger partial charge on any atom is -0.477 e. The maximum Gasteiger partial charge on any atom is 0.341 e. The fourth-order valence-electron chi connectivity index (χ4n) is 3.09. The Morgan fingerprint density at radius 2 is 2.24 bits per heavy atom. The molecule has 21 heavy (non-hydrogen) atoms. The van der Waals surface area contributed by atoms with E-state index in [0.29, 0.717) is 17.1 Å². The summed E-state index contributed by atoms with van der Waals surface area (Å²) in [5.41, 5.74) is 1.32. The number of nitrogens with zero attached hydrogens (tertiary/aromatic N) is 3. The first kappa shape index (κ1) is 13.9. The highest BCUT2D eigenvalue weighted by atomic mass is 16.5. The van der Waals surface area contributed by atoms with Crippen LogP contribution in [0.5, 0.6) is 0 Å². The van der Waals surface area contributed by atoms with E-state index in [1.54, 1.807) is 12.5 Å². The quantitative estimate of drug-likeness (QED) is 0.913. The zero-order valence-electron chi connectivity index (χ0n) is 12.1. The van der Waals surface area contributed by atoms with Crippen LogP contribution < -0.4 is 0 Å². The van der Waals surface area contributed by atoms with Crippen molar-refractivity contribution in [3.05, 3.63) is 23.8 Å². The van der Waals surface area contributed by atoms with Crippen LogP contribution in [0.15, 0.2) is 17.0 Å². The third-order valence-electron chi connectivity index (χ3n) is 4.08. The first-order valence-corrected chi connectivity index (χ1v) is 7.45. The van der Waals surface area contributed by atoms with Gasteiger partial charge in [0.15, 0.2) is 5.76 Å². The van der Waals surface area contributed by atoms with Gasteiger partial charge in [-0.2, -0.15) is 0 Å². The number of aromatic nitrogens is 3. The van der Waals surface area contributed by atoms with Crippen LogP contribution in [0, 0.1) is 0 Å². The van der Waals surface area contributed by atoms with Crippen molar-refractivity contribution in [3.8, 4) is 11.4 Å². The van der Waals surface area contributed by atoms with E-state index in [-0.39, 0.29) is 11.5 Å². The molecule has 3 rings (SSSR count). The fraction of sp³-hybridized carbons (Fsp3) is 0.533. The second-order valence-corrected chi connectivity index (χ2v) is 5.53. The van der Waals surface area contributed by atoms with Gasteiger partial charge in [0.1, 0.15) is 11.3 Å². The molecule has 2 heterocycles. The number of aryl methyl sites for hydroxylation is 1. The Morgan fingerprint density at radius 1 is 1.48 bits per heavy atom. The Hall–Kier alpha value is -2.11. The minimum absolute atomic E-state index is 0.180. The summed E-state index contributed by atoms with van der Waals surface area (Å²) >= 11 is 0. The van der Waals surface area contributed by atoms with Crippen molar-refractivity contribution in [2.75, 3.05) is 0 Å². The average molecular weight is 289 g/mol. The third-order valence-corrected chi connectivity index (χ3v) is 4.08. The predicted molar refractivity (Wildman–Crippen MR) is 76.2 cm³/mol. The Balaban J connectivity index is 2.06. The topological polar surface area (TPSA) is 81.2 Å². The van der Waals surface area contributed by atoms with Gasteiger partial charge in [0.25, 0.3) is 0 Å². The molecule has 2 aromatic heterocycles. The lowest BCUT2D eigenvalue weighted by molar-refractivity contribution is 0.0694. The van der Waals surface area contributed by atoms with Crippen LogP contribution in [0.3, 0.4) is 0 Å². The number of rotatable bonds is 5. The third kappa shape index (κ3) is 2.46. The molecule has 1 fully saturated rings. The number of carboxylic acid groups (broad SMARTS) is 1. The van der Waals surface area contributed by atoms with Crippen molar-refractivity contribution >= 4 is 5.97 Å². The van der Waals surface area contributed by atoms with E-state index in [1.165, 1.54) is 0 Å². The van der Waals surface area contributed by atoms with Crippen molar-refractivity contribution in [1.82, 2.24) is 14.7 Å². The molecule has 1 aliphatic rings. The van der Waals surface area contributed by atoms with Gasteiger partial charge in [0, 0.05) is 12.5 Å². The van der Waals surface area contributed by atoms with Crippen LogP contribution in [-0.2, 0) is 6.54 Å². The van der Waals surface area contributed by atoms with E-state index in [9.17, 15) is 9.90 Å². The molecule has 6 nitrogen and oxygen atoms in total. The molecule has 0 atom stereocenters. The molecule has 0 spiro atoms. The van der Waals surface area contributed by atoms with Gasteiger partial charge in [-0.05, 0) is 19.3 Å². The van der Waals surface area contributed by atoms with Gasteiger partial charge in [-0.25, -0.2) is 9.78 Å². The fourth-order valence-corrected chi connectivity index (χ4v) is 3.09. The molecule has 0 amide bonds. The van der Waals surface area contributed by atoms with Gasteiger partial charge in [-0.3, -0.25) is 0 Å². The summed E-state index contributed by atoms with van der Waals surface area (Å²) in [6, 6.07) is 0. The van der Waals surface area contributed by atoms with Crippen molar-refractivity contribution < 1.29 is 14.4 Å². The summed E-state index contributed by atoms with van der Waals surface area (Å²) in [6.07, 6.45) is 8.49. The standard InChI is InChI=1S/C15H19N3O3/c1-2-7-18-9-16-8-11(18)13-12(15(19)20)14(21-17-13)10-5-3-4-6-10/h8-10H,2-7H2,1H3,(H,19,20). The zero-order valence-corrected chi connectivity index (χ0v) is 12.1. The maximum atomic E-state index is 11.7. The van der Waals surface area contributed by atoms with Gasteiger partial charge < -0.3 is 14.2 Å². The van der Waals surface area contributed by atoms with E-state index < -0.39 is 5.97 Å². The number of imidazole rings is 1. The van der Waals surface area contributed by atoms with Crippen molar-refractivity contribution in [2.45, 2.75) is 51.5 Å². The molecular formula is C15H19N3O3. The van der Waals surface area contributed by atoms with Crippen molar-refractivity contribution in [1.29, 1.82) is 0 Å². The molecule has 0 bridgehead atoms. The molecule has 0 aromatic carbocycles.